The minimum Gasteiger partial charge on any atom is -0.383 e. The van der Waals surface area contributed by atoms with Crippen LogP contribution in [0.5, 0.6) is 0 Å². The quantitative estimate of drug-likeness (QED) is 0.0733. The number of rotatable bonds is 16. The van der Waals surface area contributed by atoms with Crippen LogP contribution in [0.4, 0.5) is 0 Å². The van der Waals surface area contributed by atoms with Gasteiger partial charge in [0.1, 0.15) is 0 Å². The van der Waals surface area contributed by atoms with Gasteiger partial charge < -0.3 is 20.6 Å². The second-order valence-corrected chi connectivity index (χ2v) is 16.3. The maximum atomic E-state index is 5.66. The number of hydrogen-bond acceptors (Lipinski definition) is 4. The van der Waals surface area contributed by atoms with E-state index in [1.807, 2.05) is 0 Å². The molecule has 9 rings (SSSR count). The monoisotopic (exact) mass is 812 g/mol. The van der Waals surface area contributed by atoms with E-state index >= 15 is 0 Å². The van der Waals surface area contributed by atoms with E-state index in [1.54, 1.807) is 0 Å². The van der Waals surface area contributed by atoms with Crippen LogP contribution >= 0.6 is 0 Å². The molecule has 62 heavy (non-hydrogen) atoms. The fourth-order valence-electron chi connectivity index (χ4n) is 8.81. The molecule has 0 unspecified atom stereocenters. The van der Waals surface area contributed by atoms with Gasteiger partial charge in [-0.15, -0.1) is 0 Å². The lowest BCUT2D eigenvalue weighted by atomic mass is 10.0. The van der Waals surface area contributed by atoms with Crippen molar-refractivity contribution in [1.82, 2.24) is 30.6 Å². The average Bonchev–Trinajstić information content (AvgIpc) is 4.15. The Labute approximate surface area is 366 Å². The second kappa shape index (κ2) is 19.2. The molecule has 0 saturated carbocycles. The Bertz CT molecular complexity index is 2650. The summed E-state index contributed by atoms with van der Waals surface area (Å²) >= 11 is 0. The van der Waals surface area contributed by atoms with Gasteiger partial charge in [0, 0.05) is 57.4 Å². The highest BCUT2D eigenvalue weighted by molar-refractivity contribution is 6.03. The fraction of sp³-hybridized carbons (Fsp3) is 0.214. The first-order valence-corrected chi connectivity index (χ1v) is 22.6. The maximum Gasteiger partial charge on any atom is 0.0968 e. The summed E-state index contributed by atoms with van der Waals surface area (Å²) in [6, 6.07) is 51.6. The van der Waals surface area contributed by atoms with Crippen molar-refractivity contribution in [2.75, 3.05) is 13.1 Å². The molecule has 2 aliphatic rings. The van der Waals surface area contributed by atoms with Crippen molar-refractivity contribution in [3.05, 3.63) is 168 Å². The topological polar surface area (TPSA) is 81.4 Å². The molecule has 6 heteroatoms. The summed E-state index contributed by atoms with van der Waals surface area (Å²) in [5.74, 6) is 0. The average molecular weight is 813 g/mol. The normalized spacial score (nSPS) is 12.2. The Morgan fingerprint density at radius 1 is 0.371 bits per heavy atom. The van der Waals surface area contributed by atoms with Gasteiger partial charge in [0.2, 0.25) is 0 Å². The van der Waals surface area contributed by atoms with Crippen LogP contribution in [0.15, 0.2) is 146 Å². The summed E-state index contributed by atoms with van der Waals surface area (Å²) in [5.41, 5.74) is 18.2. The lowest BCUT2D eigenvalue weighted by Crippen LogP contribution is -2.13. The van der Waals surface area contributed by atoms with Crippen LogP contribution in [0.25, 0.3) is 90.1 Å². The van der Waals surface area contributed by atoms with Crippen LogP contribution < -0.4 is 10.6 Å². The molecule has 0 aliphatic carbocycles. The molecule has 0 amide bonds. The number of aromatic amines is 2. The number of aromatic nitrogens is 4. The van der Waals surface area contributed by atoms with Crippen molar-refractivity contribution in [1.29, 1.82) is 0 Å². The van der Waals surface area contributed by atoms with Gasteiger partial charge in [0.05, 0.1) is 34.2 Å². The molecule has 310 valence electrons. The Kier molecular flexibility index (Phi) is 12.5. The van der Waals surface area contributed by atoms with Crippen LogP contribution in [0, 0.1) is 0 Å². The largest absolute Gasteiger partial charge is 0.383 e. The molecule has 2 aliphatic heterocycles. The van der Waals surface area contributed by atoms with Gasteiger partial charge in [-0.25, -0.2) is 9.97 Å². The van der Waals surface area contributed by atoms with Crippen LogP contribution in [0.3, 0.4) is 0 Å². The Morgan fingerprint density at radius 2 is 0.694 bits per heavy atom. The van der Waals surface area contributed by atoms with E-state index in [-0.39, 0.29) is 0 Å². The Balaban J connectivity index is 1.42. The number of nitrogens with one attached hydrogen (secondary N) is 4. The van der Waals surface area contributed by atoms with Crippen molar-refractivity contribution < 1.29 is 0 Å². The molecule has 0 radical (unpaired) electrons. The molecule has 0 spiro atoms. The summed E-state index contributed by atoms with van der Waals surface area (Å²) in [6.07, 6.45) is 13.9. The maximum absolute atomic E-state index is 5.66. The molecule has 4 aromatic carbocycles. The van der Waals surface area contributed by atoms with Gasteiger partial charge >= 0.3 is 0 Å². The summed E-state index contributed by atoms with van der Waals surface area (Å²) < 4.78 is 0. The van der Waals surface area contributed by atoms with Crippen molar-refractivity contribution >= 4 is 45.6 Å². The summed E-state index contributed by atoms with van der Waals surface area (Å²) in [6.45, 7) is 6.25. The van der Waals surface area contributed by atoms with Crippen molar-refractivity contribution in [3.8, 4) is 44.5 Å². The third-order valence-electron chi connectivity index (χ3n) is 11.9. The van der Waals surface area contributed by atoms with Gasteiger partial charge in [0.25, 0.3) is 0 Å². The molecule has 0 saturated heterocycles. The number of hydrogen-bond donors (Lipinski definition) is 4. The number of benzene rings is 4. The van der Waals surface area contributed by atoms with E-state index in [9.17, 15) is 0 Å². The zero-order valence-corrected chi connectivity index (χ0v) is 36.0. The first-order valence-electron chi connectivity index (χ1n) is 22.6. The highest BCUT2D eigenvalue weighted by Crippen LogP contribution is 2.41. The van der Waals surface area contributed by atoms with Crippen molar-refractivity contribution in [3.63, 3.8) is 0 Å². The zero-order valence-electron chi connectivity index (χ0n) is 36.0. The lowest BCUT2D eigenvalue weighted by Gasteiger charge is -2.11. The van der Waals surface area contributed by atoms with E-state index in [0.717, 1.165) is 127 Å². The van der Waals surface area contributed by atoms with Crippen LogP contribution in [0.1, 0.15) is 88.0 Å². The first kappa shape index (κ1) is 40.5. The Morgan fingerprint density at radius 3 is 1.03 bits per heavy atom. The molecule has 8 bridgehead atoms. The molecule has 5 heterocycles. The first-order chi connectivity index (χ1) is 30.7. The number of nitrogens with zero attached hydrogens (tertiary/aromatic N) is 2. The van der Waals surface area contributed by atoms with Gasteiger partial charge in [-0.1, -0.05) is 174 Å². The highest BCUT2D eigenvalue weighted by Gasteiger charge is 2.24. The molecule has 4 N–H and O–H groups in total. The predicted octanol–water partition coefficient (Wildman–Crippen LogP) is 14.3. The molecule has 0 fully saturated rings. The number of unbranched alkanes of at least 4 members (excludes halogenated alkanes) is 6. The standard InChI is InChI=1S/C56H56N6/c1-3-5-7-21-35-57-49-37-47-51(39-23-13-9-14-24-39)43-32-34-46(60-43)54(42-29-19-12-20-30-42)56-50(58-36-22-8-6-4-2)38-48(62-56)52(40-25-15-10-16-26-40)44-31-33-45(59-44)53(55(49)61-47)41-27-17-11-18-28-41/h9-20,23-34,37-38,57-60H,3-8,21-22,35-36H2,1-2H3. The molecule has 6 nitrogen and oxygen atoms in total. The van der Waals surface area contributed by atoms with Crippen LogP contribution in [-0.4, -0.2) is 33.0 Å². The minimum absolute atomic E-state index is 0.866. The van der Waals surface area contributed by atoms with Gasteiger partial charge in [-0.2, -0.15) is 0 Å². The van der Waals surface area contributed by atoms with E-state index in [2.05, 4.69) is 192 Å². The number of H-pyrrole nitrogens is 2. The third-order valence-corrected chi connectivity index (χ3v) is 11.9. The van der Waals surface area contributed by atoms with Gasteiger partial charge in [0.15, 0.2) is 0 Å². The smallest absolute Gasteiger partial charge is 0.0968 e. The molecule has 7 aromatic rings. The number of fused-ring (bicyclic) bond motifs is 8. The van der Waals surface area contributed by atoms with Crippen LogP contribution in [0.2, 0.25) is 0 Å². The summed E-state index contributed by atoms with van der Waals surface area (Å²) in [5, 5.41) is 7.76. The molecule has 0 atom stereocenters. The second-order valence-electron chi connectivity index (χ2n) is 16.3. The van der Waals surface area contributed by atoms with E-state index in [1.165, 1.54) is 38.5 Å². The van der Waals surface area contributed by atoms with Crippen molar-refractivity contribution in [2.24, 2.45) is 0 Å². The summed E-state index contributed by atoms with van der Waals surface area (Å²) in [7, 11) is 0. The molecular weight excluding hydrogens is 757 g/mol. The van der Waals surface area contributed by atoms with Gasteiger partial charge in [-0.3, -0.25) is 0 Å². The Hall–Kier alpha value is -6.92. The van der Waals surface area contributed by atoms with E-state index in [4.69, 9.17) is 9.97 Å². The molecule has 3 aromatic heterocycles. The predicted molar refractivity (Wildman–Crippen MR) is 263 cm³/mol. The lowest BCUT2D eigenvalue weighted by molar-refractivity contribution is 0.650. The van der Waals surface area contributed by atoms with E-state index in [0.29, 0.717) is 0 Å². The third kappa shape index (κ3) is 8.64. The van der Waals surface area contributed by atoms with Gasteiger partial charge in [-0.05, 0) is 71.5 Å². The SMILES string of the molecule is CCCCCCNC1=Cc2nc1c(-c1ccccc1)c1ccc([nH]1)c(-c1ccccc1)c1nc(c(-c3ccccc3)c3ccc([nH]3)c2-c2ccccc2)C(NCCCCCC)=C1. The fourth-order valence-corrected chi connectivity index (χ4v) is 8.81. The summed E-state index contributed by atoms with van der Waals surface area (Å²) in [4.78, 5) is 19.2. The molecular formula is C56H56N6. The minimum atomic E-state index is 0.866. The van der Waals surface area contributed by atoms with E-state index < -0.39 is 0 Å². The van der Waals surface area contributed by atoms with Crippen LogP contribution in [-0.2, 0) is 0 Å². The van der Waals surface area contributed by atoms with Crippen molar-refractivity contribution in [2.45, 2.75) is 65.2 Å². The zero-order chi connectivity index (χ0) is 42.1. The highest BCUT2D eigenvalue weighted by atomic mass is 14.9.